The number of piperazine rings is 1. The summed E-state index contributed by atoms with van der Waals surface area (Å²) in [7, 11) is 2.04. The average Bonchev–Trinajstić information content (AvgIpc) is 3.62. The number of hydroxylamine groups is 1. The van der Waals surface area contributed by atoms with Crippen molar-refractivity contribution in [3.8, 4) is 5.75 Å². The first kappa shape index (κ1) is 24.2. The zero-order valence-electron chi connectivity index (χ0n) is 20.7. The molecule has 2 amide bonds. The third kappa shape index (κ3) is 4.79. The lowest BCUT2D eigenvalue weighted by molar-refractivity contribution is -0.142. The van der Waals surface area contributed by atoms with Crippen LogP contribution in [0.2, 0.25) is 0 Å². The summed E-state index contributed by atoms with van der Waals surface area (Å²) in [5.74, 6) is -0.271. The molecule has 1 aromatic heterocycles. The Bertz CT molecular complexity index is 1270. The SMILES string of the molecule is Cc1cc(COc2ccc(CC3(C(=O)N4CCN(C)CC4)C[C@@H]3C(=O)NO)cc2)c2ccccc2n1. The smallest absolute Gasteiger partial charge is 0.247 e. The maximum absolute atomic E-state index is 13.5. The van der Waals surface area contributed by atoms with Crippen LogP contribution in [0.15, 0.2) is 54.6 Å². The van der Waals surface area contributed by atoms with Gasteiger partial charge in [-0.05, 0) is 56.6 Å². The molecular weight excluding hydrogens is 456 g/mol. The van der Waals surface area contributed by atoms with E-state index in [1.165, 1.54) is 0 Å². The second-order valence-electron chi connectivity index (χ2n) is 10.0. The highest BCUT2D eigenvalue weighted by atomic mass is 16.5. The molecule has 0 radical (unpaired) electrons. The standard InChI is InChI=1S/C28H32N4O4/c1-19-15-21(23-5-3-4-6-25(23)29-19)18-36-22-9-7-20(8-10-22)16-28(17-24(28)26(33)30-35)27(34)32-13-11-31(2)12-14-32/h3-10,15,24,35H,11-14,16-18H2,1-2H3,(H,30,33)/t24-,28?/m1/s1. The van der Waals surface area contributed by atoms with E-state index in [9.17, 15) is 14.8 Å². The minimum absolute atomic E-state index is 0.00413. The molecule has 1 saturated carbocycles. The predicted molar refractivity (Wildman–Crippen MR) is 136 cm³/mol. The second kappa shape index (κ2) is 9.87. The van der Waals surface area contributed by atoms with E-state index >= 15 is 0 Å². The Labute approximate surface area is 210 Å². The van der Waals surface area contributed by atoms with Crippen molar-refractivity contribution in [1.29, 1.82) is 0 Å². The van der Waals surface area contributed by atoms with E-state index < -0.39 is 17.2 Å². The number of fused-ring (bicyclic) bond motifs is 1. The van der Waals surface area contributed by atoms with E-state index in [1.54, 1.807) is 5.48 Å². The fourth-order valence-electron chi connectivity index (χ4n) is 5.30. The monoisotopic (exact) mass is 488 g/mol. The fourth-order valence-corrected chi connectivity index (χ4v) is 5.30. The van der Waals surface area contributed by atoms with Gasteiger partial charge in [-0.3, -0.25) is 19.8 Å². The van der Waals surface area contributed by atoms with Crippen LogP contribution in [0.4, 0.5) is 0 Å². The number of ether oxygens (including phenoxy) is 1. The van der Waals surface area contributed by atoms with E-state index in [2.05, 4.69) is 16.0 Å². The summed E-state index contributed by atoms with van der Waals surface area (Å²) < 4.78 is 6.08. The number of nitrogens with one attached hydrogen (secondary N) is 1. The molecule has 8 heteroatoms. The van der Waals surface area contributed by atoms with Gasteiger partial charge in [-0.1, -0.05) is 30.3 Å². The summed E-state index contributed by atoms with van der Waals surface area (Å²) in [5, 5.41) is 10.3. The Morgan fingerprint density at radius 2 is 1.83 bits per heavy atom. The summed E-state index contributed by atoms with van der Waals surface area (Å²) in [4.78, 5) is 34.4. The van der Waals surface area contributed by atoms with Crippen molar-refractivity contribution in [2.45, 2.75) is 26.4 Å². The van der Waals surface area contributed by atoms with E-state index in [0.717, 1.165) is 46.6 Å². The van der Waals surface area contributed by atoms with E-state index in [-0.39, 0.29) is 5.91 Å². The Morgan fingerprint density at radius 1 is 1.11 bits per heavy atom. The number of amides is 2. The number of likely N-dealkylation sites (N-methyl/N-ethyl adjacent to an activating group) is 1. The highest BCUT2D eigenvalue weighted by Gasteiger charge is 2.64. The summed E-state index contributed by atoms with van der Waals surface area (Å²) >= 11 is 0. The van der Waals surface area contributed by atoms with Gasteiger partial charge in [0.2, 0.25) is 11.8 Å². The van der Waals surface area contributed by atoms with Crippen LogP contribution < -0.4 is 10.2 Å². The van der Waals surface area contributed by atoms with Crippen LogP contribution in [-0.2, 0) is 22.6 Å². The molecule has 2 aliphatic rings. The molecule has 1 aliphatic heterocycles. The minimum Gasteiger partial charge on any atom is -0.489 e. The van der Waals surface area contributed by atoms with Gasteiger partial charge >= 0.3 is 0 Å². The predicted octanol–water partition coefficient (Wildman–Crippen LogP) is 2.95. The van der Waals surface area contributed by atoms with Crippen molar-refractivity contribution >= 4 is 22.7 Å². The molecule has 3 aromatic rings. The molecule has 2 N–H and O–H groups in total. The van der Waals surface area contributed by atoms with Crippen LogP contribution in [0.1, 0.15) is 23.2 Å². The lowest BCUT2D eigenvalue weighted by Gasteiger charge is -2.35. The fraction of sp³-hybridized carbons (Fsp3) is 0.393. The van der Waals surface area contributed by atoms with Crippen molar-refractivity contribution in [3.63, 3.8) is 0 Å². The van der Waals surface area contributed by atoms with Crippen LogP contribution in [0.3, 0.4) is 0 Å². The summed E-state index contributed by atoms with van der Waals surface area (Å²) in [5.41, 5.74) is 4.88. The molecule has 2 heterocycles. The van der Waals surface area contributed by atoms with Gasteiger partial charge in [0.1, 0.15) is 12.4 Å². The van der Waals surface area contributed by atoms with E-state index in [0.29, 0.717) is 32.5 Å². The number of rotatable bonds is 7. The molecule has 1 aliphatic carbocycles. The quantitative estimate of drug-likeness (QED) is 0.392. The van der Waals surface area contributed by atoms with Crippen LogP contribution in [0.25, 0.3) is 10.9 Å². The Kier molecular flexibility index (Phi) is 6.64. The maximum Gasteiger partial charge on any atom is 0.247 e. The number of aromatic nitrogens is 1. The number of aryl methyl sites for hydroxylation is 1. The number of hydrogen-bond acceptors (Lipinski definition) is 6. The van der Waals surface area contributed by atoms with Gasteiger partial charge in [-0.15, -0.1) is 0 Å². The molecule has 2 aromatic carbocycles. The number of benzene rings is 2. The molecule has 5 rings (SSSR count). The largest absolute Gasteiger partial charge is 0.489 e. The third-order valence-electron chi connectivity index (χ3n) is 7.49. The second-order valence-corrected chi connectivity index (χ2v) is 10.0. The van der Waals surface area contributed by atoms with Crippen LogP contribution in [0.5, 0.6) is 5.75 Å². The van der Waals surface area contributed by atoms with Gasteiger partial charge in [0.15, 0.2) is 0 Å². The molecule has 2 fully saturated rings. The number of pyridine rings is 1. The van der Waals surface area contributed by atoms with Gasteiger partial charge in [0.05, 0.1) is 16.8 Å². The third-order valence-corrected chi connectivity index (χ3v) is 7.49. The lowest BCUT2D eigenvalue weighted by atomic mass is 9.91. The highest BCUT2D eigenvalue weighted by molar-refractivity contribution is 5.96. The molecular formula is C28H32N4O4. The lowest BCUT2D eigenvalue weighted by Crippen LogP contribution is -2.50. The van der Waals surface area contributed by atoms with Gasteiger partial charge in [0, 0.05) is 42.8 Å². The van der Waals surface area contributed by atoms with Crippen molar-refractivity contribution in [2.75, 3.05) is 33.2 Å². The molecule has 1 unspecified atom stereocenters. The first-order valence-electron chi connectivity index (χ1n) is 12.4. The van der Waals surface area contributed by atoms with Crippen molar-refractivity contribution in [3.05, 3.63) is 71.4 Å². The molecule has 1 saturated heterocycles. The molecule has 0 bridgehead atoms. The van der Waals surface area contributed by atoms with Gasteiger partial charge in [0.25, 0.3) is 0 Å². The number of carbonyl (C=O) groups excluding carboxylic acids is 2. The van der Waals surface area contributed by atoms with Crippen LogP contribution >= 0.6 is 0 Å². The van der Waals surface area contributed by atoms with Crippen molar-refractivity contribution in [1.82, 2.24) is 20.3 Å². The number of carbonyl (C=O) groups is 2. The first-order valence-corrected chi connectivity index (χ1v) is 12.4. The molecule has 188 valence electrons. The average molecular weight is 489 g/mol. The van der Waals surface area contributed by atoms with Crippen molar-refractivity contribution < 1.29 is 19.5 Å². The summed E-state index contributed by atoms with van der Waals surface area (Å²) in [6, 6.07) is 17.8. The van der Waals surface area contributed by atoms with E-state index in [4.69, 9.17) is 4.74 Å². The zero-order chi connectivity index (χ0) is 25.3. The Hall–Kier alpha value is -3.49. The number of nitrogens with zero attached hydrogens (tertiary/aromatic N) is 3. The van der Waals surface area contributed by atoms with Crippen LogP contribution in [0, 0.1) is 18.3 Å². The van der Waals surface area contributed by atoms with E-state index in [1.807, 2.05) is 67.4 Å². The molecule has 2 atom stereocenters. The number of hydrogen-bond donors (Lipinski definition) is 2. The summed E-state index contributed by atoms with van der Waals surface area (Å²) in [6.45, 7) is 5.34. The zero-order valence-corrected chi connectivity index (χ0v) is 20.7. The first-order chi connectivity index (χ1) is 17.4. The van der Waals surface area contributed by atoms with Crippen LogP contribution in [-0.4, -0.2) is 65.0 Å². The van der Waals surface area contributed by atoms with Crippen molar-refractivity contribution in [2.24, 2.45) is 11.3 Å². The Balaban J connectivity index is 1.28. The topological polar surface area (TPSA) is 95.0 Å². The minimum atomic E-state index is -0.807. The normalized spacial score (nSPS) is 21.9. The van der Waals surface area contributed by atoms with Gasteiger partial charge < -0.3 is 14.5 Å². The maximum atomic E-state index is 13.5. The van der Waals surface area contributed by atoms with Gasteiger partial charge in [-0.25, -0.2) is 5.48 Å². The highest BCUT2D eigenvalue weighted by Crippen LogP contribution is 2.56. The number of para-hydroxylation sites is 1. The van der Waals surface area contributed by atoms with Gasteiger partial charge in [-0.2, -0.15) is 0 Å². The molecule has 36 heavy (non-hydrogen) atoms. The summed E-state index contributed by atoms with van der Waals surface area (Å²) in [6.07, 6.45) is 0.891. The Morgan fingerprint density at radius 3 is 2.56 bits per heavy atom. The molecule has 0 spiro atoms. The molecule has 8 nitrogen and oxygen atoms in total.